The molecule has 0 unspecified atom stereocenters. The van der Waals surface area contributed by atoms with E-state index >= 15 is 0 Å². The molecule has 2 amide bonds. The van der Waals surface area contributed by atoms with Crippen LogP contribution in [0, 0.1) is 11.8 Å². The van der Waals surface area contributed by atoms with E-state index in [1.54, 1.807) is 62.3 Å². The molecule has 166 valence electrons. The van der Waals surface area contributed by atoms with E-state index in [4.69, 9.17) is 14.2 Å². The second kappa shape index (κ2) is 7.25. The third-order valence-corrected chi connectivity index (χ3v) is 6.81. The predicted octanol–water partition coefficient (Wildman–Crippen LogP) is 2.79. The Labute approximate surface area is 185 Å². The summed E-state index contributed by atoms with van der Waals surface area (Å²) in [5.41, 5.74) is 0.0456. The zero-order valence-electron chi connectivity index (χ0n) is 18.1. The normalized spacial score (nSPS) is 27.7. The lowest BCUT2D eigenvalue weighted by Gasteiger charge is -2.38. The molecule has 0 aromatic heterocycles. The highest BCUT2D eigenvalue weighted by molar-refractivity contribution is 6.13. The maximum Gasteiger partial charge on any atom is 0.312 e. The highest BCUT2D eigenvalue weighted by Gasteiger charge is 2.67. The number of carbonyl (C=O) groups excluding carboxylic acids is 3. The molecule has 8 heteroatoms. The van der Waals surface area contributed by atoms with Gasteiger partial charge in [0.2, 0.25) is 0 Å². The monoisotopic (exact) mass is 436 g/mol. The van der Waals surface area contributed by atoms with Crippen LogP contribution in [0.5, 0.6) is 11.5 Å². The number of rotatable bonds is 3. The Hall–Kier alpha value is -3.55. The van der Waals surface area contributed by atoms with Gasteiger partial charge in [-0.05, 0) is 44.2 Å². The van der Waals surface area contributed by atoms with Gasteiger partial charge in [0.05, 0.1) is 43.5 Å². The highest BCUT2D eigenvalue weighted by Crippen LogP contribution is 2.57. The summed E-state index contributed by atoms with van der Waals surface area (Å²) in [5.74, 6) is -1.42. The number of hydrogen-bond donors (Lipinski definition) is 1. The summed E-state index contributed by atoms with van der Waals surface area (Å²) in [6.07, 6.45) is 0. The topological polar surface area (TPSA) is 94.2 Å². The number of carbonyl (C=O) groups is 3. The van der Waals surface area contributed by atoms with Gasteiger partial charge in [-0.2, -0.15) is 0 Å². The molecule has 2 aromatic carbocycles. The van der Waals surface area contributed by atoms with Crippen LogP contribution in [-0.2, 0) is 14.3 Å². The van der Waals surface area contributed by atoms with Gasteiger partial charge in [0.1, 0.15) is 17.0 Å². The van der Waals surface area contributed by atoms with Gasteiger partial charge in [-0.1, -0.05) is 12.1 Å². The third-order valence-electron chi connectivity index (χ3n) is 6.81. The summed E-state index contributed by atoms with van der Waals surface area (Å²) in [4.78, 5) is 42.3. The lowest BCUT2D eigenvalue weighted by molar-refractivity contribution is -0.155. The van der Waals surface area contributed by atoms with E-state index in [0.29, 0.717) is 28.3 Å². The van der Waals surface area contributed by atoms with Gasteiger partial charge in [0.25, 0.3) is 11.8 Å². The van der Waals surface area contributed by atoms with Crippen molar-refractivity contribution in [2.75, 3.05) is 25.6 Å². The molecule has 0 spiro atoms. The number of anilines is 1. The van der Waals surface area contributed by atoms with Crippen LogP contribution in [0.4, 0.5) is 5.69 Å². The van der Waals surface area contributed by atoms with Crippen molar-refractivity contribution in [3.63, 3.8) is 0 Å². The molecule has 2 aromatic rings. The second-order valence-corrected chi connectivity index (χ2v) is 8.38. The SMILES string of the molecule is CCOC(=O)[C@H]1[C@H]2COc3ccc(OC)cc3[C@@H]2N2C(=O)c3ccccc3NC(=O)[C@@]12C. The fourth-order valence-corrected chi connectivity index (χ4v) is 5.37. The molecule has 32 heavy (non-hydrogen) atoms. The predicted molar refractivity (Wildman–Crippen MR) is 114 cm³/mol. The van der Waals surface area contributed by atoms with E-state index in [9.17, 15) is 14.4 Å². The molecule has 1 saturated heterocycles. The Morgan fingerprint density at radius 2 is 2.03 bits per heavy atom. The van der Waals surface area contributed by atoms with Crippen molar-refractivity contribution in [3.8, 4) is 11.5 Å². The Balaban J connectivity index is 1.76. The number of nitrogens with zero attached hydrogens (tertiary/aromatic N) is 1. The number of methoxy groups -OCH3 is 1. The van der Waals surface area contributed by atoms with Gasteiger partial charge in [0.15, 0.2) is 0 Å². The van der Waals surface area contributed by atoms with Crippen molar-refractivity contribution in [1.82, 2.24) is 4.90 Å². The van der Waals surface area contributed by atoms with Crippen LogP contribution in [0.25, 0.3) is 0 Å². The molecular weight excluding hydrogens is 412 g/mol. The van der Waals surface area contributed by atoms with Gasteiger partial charge >= 0.3 is 5.97 Å². The molecule has 8 nitrogen and oxygen atoms in total. The first-order valence-corrected chi connectivity index (χ1v) is 10.6. The Morgan fingerprint density at radius 3 is 2.78 bits per heavy atom. The minimum absolute atomic E-state index is 0.170. The number of hydrogen-bond acceptors (Lipinski definition) is 6. The van der Waals surface area contributed by atoms with Crippen molar-refractivity contribution in [2.24, 2.45) is 11.8 Å². The van der Waals surface area contributed by atoms with Crippen molar-refractivity contribution < 1.29 is 28.6 Å². The average Bonchev–Trinajstić information content (AvgIpc) is 3.04. The molecular formula is C24H24N2O6. The van der Waals surface area contributed by atoms with Crippen molar-refractivity contribution in [3.05, 3.63) is 53.6 Å². The van der Waals surface area contributed by atoms with Crippen LogP contribution in [0.15, 0.2) is 42.5 Å². The zero-order chi connectivity index (χ0) is 22.6. The highest BCUT2D eigenvalue weighted by atomic mass is 16.5. The first-order chi connectivity index (χ1) is 15.4. The van der Waals surface area contributed by atoms with Crippen LogP contribution >= 0.6 is 0 Å². The van der Waals surface area contributed by atoms with Crippen LogP contribution < -0.4 is 14.8 Å². The molecule has 1 fully saturated rings. The number of benzene rings is 2. The van der Waals surface area contributed by atoms with E-state index in [-0.39, 0.29) is 19.1 Å². The number of esters is 1. The number of para-hydroxylation sites is 1. The minimum Gasteiger partial charge on any atom is -0.497 e. The summed E-state index contributed by atoms with van der Waals surface area (Å²) in [6.45, 7) is 3.72. The number of amides is 2. The minimum atomic E-state index is -1.47. The Morgan fingerprint density at radius 1 is 1.25 bits per heavy atom. The van der Waals surface area contributed by atoms with E-state index in [1.807, 2.05) is 6.07 Å². The first kappa shape index (κ1) is 20.4. The molecule has 1 N–H and O–H groups in total. The van der Waals surface area contributed by atoms with Crippen LogP contribution in [-0.4, -0.2) is 48.5 Å². The molecule has 0 aliphatic carbocycles. The first-order valence-electron chi connectivity index (χ1n) is 10.6. The van der Waals surface area contributed by atoms with E-state index in [2.05, 4.69) is 5.32 Å². The van der Waals surface area contributed by atoms with E-state index < -0.39 is 35.3 Å². The van der Waals surface area contributed by atoms with Crippen LogP contribution in [0.2, 0.25) is 0 Å². The standard InChI is InChI=1S/C24H24N2O6/c1-4-31-22(28)19-16-12-32-18-10-9-13(30-3)11-15(18)20(16)26-21(27)14-7-5-6-8-17(14)25-23(29)24(19,26)2/h5-11,16,19-20H,4,12H2,1-3H3,(H,25,29)/t16-,19-,20+,24-/m1/s1. The maximum absolute atomic E-state index is 13.9. The molecule has 3 heterocycles. The lowest BCUT2D eigenvalue weighted by atomic mass is 9.77. The van der Waals surface area contributed by atoms with Crippen LogP contribution in [0.3, 0.4) is 0 Å². The quantitative estimate of drug-likeness (QED) is 0.744. The fraction of sp³-hybridized carbons (Fsp3) is 0.375. The molecule has 0 saturated carbocycles. The summed E-state index contributed by atoms with van der Waals surface area (Å²) in [5, 5.41) is 2.87. The van der Waals surface area contributed by atoms with Gasteiger partial charge in [0, 0.05) is 11.5 Å². The van der Waals surface area contributed by atoms with Crippen molar-refractivity contribution in [2.45, 2.75) is 25.4 Å². The molecule has 4 atom stereocenters. The van der Waals surface area contributed by atoms with Gasteiger partial charge in [-0.3, -0.25) is 14.4 Å². The molecule has 5 rings (SSSR count). The fourth-order valence-electron chi connectivity index (χ4n) is 5.37. The molecule has 3 aliphatic heterocycles. The summed E-state index contributed by atoms with van der Waals surface area (Å²) in [6, 6.07) is 11.7. The lowest BCUT2D eigenvalue weighted by Crippen LogP contribution is -2.57. The van der Waals surface area contributed by atoms with Gasteiger partial charge in [-0.15, -0.1) is 0 Å². The number of fused-ring (bicyclic) bond motifs is 6. The number of ether oxygens (including phenoxy) is 3. The van der Waals surface area contributed by atoms with Crippen molar-refractivity contribution >= 4 is 23.5 Å². The van der Waals surface area contributed by atoms with Gasteiger partial charge in [-0.25, -0.2) is 0 Å². The van der Waals surface area contributed by atoms with Crippen molar-refractivity contribution in [1.29, 1.82) is 0 Å². The average molecular weight is 436 g/mol. The molecule has 0 radical (unpaired) electrons. The Kier molecular flexibility index (Phi) is 4.62. The smallest absolute Gasteiger partial charge is 0.312 e. The summed E-state index contributed by atoms with van der Waals surface area (Å²) >= 11 is 0. The van der Waals surface area contributed by atoms with E-state index in [1.165, 1.54) is 0 Å². The molecule has 0 bridgehead atoms. The zero-order valence-corrected chi connectivity index (χ0v) is 18.1. The Bertz CT molecular complexity index is 1130. The largest absolute Gasteiger partial charge is 0.497 e. The summed E-state index contributed by atoms with van der Waals surface area (Å²) in [7, 11) is 1.56. The third kappa shape index (κ3) is 2.65. The maximum atomic E-state index is 13.9. The summed E-state index contributed by atoms with van der Waals surface area (Å²) < 4.78 is 16.8. The van der Waals surface area contributed by atoms with E-state index in [0.717, 1.165) is 0 Å². The second-order valence-electron chi connectivity index (χ2n) is 8.38. The number of nitrogens with one attached hydrogen (secondary N) is 1. The molecule has 3 aliphatic rings. The van der Waals surface area contributed by atoms with Crippen LogP contribution in [0.1, 0.15) is 35.8 Å². The van der Waals surface area contributed by atoms with Gasteiger partial charge < -0.3 is 24.4 Å².